The highest BCUT2D eigenvalue weighted by Gasteiger charge is 2.38. The average Bonchev–Trinajstić information content (AvgIpc) is 2.30. The number of nitrogens with one attached hydrogen (secondary N) is 1. The number of carbonyl (C=O) groups is 1. The third-order valence-electron chi connectivity index (χ3n) is 4.28. The number of carbonyl (C=O) groups excluding carboxylic acids is 1. The van der Waals surface area contributed by atoms with Crippen LogP contribution in [0.5, 0.6) is 0 Å². The van der Waals surface area contributed by atoms with E-state index in [1.165, 1.54) is 19.3 Å². The van der Waals surface area contributed by atoms with Crippen molar-refractivity contribution in [3.05, 3.63) is 0 Å². The summed E-state index contributed by atoms with van der Waals surface area (Å²) in [5, 5.41) is 3.35. The van der Waals surface area contributed by atoms with Crippen molar-refractivity contribution in [2.24, 2.45) is 11.3 Å². The Hall–Kier alpha value is -0.370. The topological polar surface area (TPSA) is 29.1 Å². The molecule has 0 spiro atoms. The summed E-state index contributed by atoms with van der Waals surface area (Å²) in [4.78, 5) is 12.4. The number of hydrogen-bond donors (Lipinski definition) is 1. The summed E-state index contributed by atoms with van der Waals surface area (Å²) in [6, 6.07) is 0. The molecule has 0 bridgehead atoms. The molecule has 0 unspecified atom stereocenters. The molecule has 2 heteroatoms. The molecule has 0 amide bonds. The fraction of sp³-hybridized carbons (Fsp3) is 0.923. The lowest BCUT2D eigenvalue weighted by Crippen LogP contribution is -2.43. The molecule has 2 aliphatic rings. The molecule has 1 saturated carbocycles. The minimum absolute atomic E-state index is 0.00669. The second kappa shape index (κ2) is 4.65. The number of piperidine rings is 1. The Kier molecular flexibility index (Phi) is 3.45. The normalized spacial score (nSPS) is 27.5. The third kappa shape index (κ3) is 2.41. The Balaban J connectivity index is 1.98. The zero-order chi connectivity index (χ0) is 10.7. The highest BCUT2D eigenvalue weighted by molar-refractivity contribution is 5.86. The molecule has 1 N–H and O–H groups in total. The average molecular weight is 209 g/mol. The Morgan fingerprint density at radius 3 is 2.33 bits per heavy atom. The molecule has 1 aliphatic heterocycles. The lowest BCUT2D eigenvalue weighted by Gasteiger charge is -2.36. The van der Waals surface area contributed by atoms with Crippen LogP contribution < -0.4 is 5.32 Å². The van der Waals surface area contributed by atoms with Crippen molar-refractivity contribution in [1.29, 1.82) is 0 Å². The Bertz CT molecular complexity index is 225. The van der Waals surface area contributed by atoms with Gasteiger partial charge < -0.3 is 5.32 Å². The van der Waals surface area contributed by atoms with Gasteiger partial charge in [-0.3, -0.25) is 4.79 Å². The van der Waals surface area contributed by atoms with Crippen molar-refractivity contribution >= 4 is 5.78 Å². The van der Waals surface area contributed by atoms with E-state index in [9.17, 15) is 4.79 Å². The molecule has 1 aliphatic carbocycles. The van der Waals surface area contributed by atoms with Gasteiger partial charge in [-0.2, -0.15) is 0 Å². The van der Waals surface area contributed by atoms with Crippen molar-refractivity contribution < 1.29 is 4.79 Å². The molecule has 2 rings (SSSR count). The van der Waals surface area contributed by atoms with E-state index in [-0.39, 0.29) is 5.41 Å². The van der Waals surface area contributed by atoms with Crippen LogP contribution in [0.1, 0.15) is 51.9 Å². The van der Waals surface area contributed by atoms with E-state index in [1.807, 2.05) is 0 Å². The van der Waals surface area contributed by atoms with Gasteiger partial charge in [0.2, 0.25) is 0 Å². The van der Waals surface area contributed by atoms with Crippen molar-refractivity contribution in [2.45, 2.75) is 51.9 Å². The fourth-order valence-corrected chi connectivity index (χ4v) is 3.08. The molecule has 86 valence electrons. The first kappa shape index (κ1) is 11.1. The molecule has 0 aromatic heterocycles. The zero-order valence-electron chi connectivity index (χ0n) is 9.85. The van der Waals surface area contributed by atoms with Gasteiger partial charge in [-0.05, 0) is 38.8 Å². The minimum Gasteiger partial charge on any atom is -0.317 e. The van der Waals surface area contributed by atoms with Crippen molar-refractivity contribution in [3.63, 3.8) is 0 Å². The summed E-state index contributed by atoms with van der Waals surface area (Å²) < 4.78 is 0. The van der Waals surface area contributed by atoms with Crippen LogP contribution in [-0.4, -0.2) is 18.9 Å². The van der Waals surface area contributed by atoms with E-state index in [1.54, 1.807) is 0 Å². The van der Waals surface area contributed by atoms with Gasteiger partial charge in [-0.15, -0.1) is 0 Å². The molecular weight excluding hydrogens is 186 g/mol. The maximum atomic E-state index is 12.4. The van der Waals surface area contributed by atoms with Crippen LogP contribution in [-0.2, 0) is 4.79 Å². The van der Waals surface area contributed by atoms with Crippen LogP contribution in [0.4, 0.5) is 0 Å². The number of rotatable bonds is 2. The molecule has 0 aromatic rings. The summed E-state index contributed by atoms with van der Waals surface area (Å²) >= 11 is 0. The maximum absolute atomic E-state index is 12.4. The smallest absolute Gasteiger partial charge is 0.141 e. The predicted molar refractivity (Wildman–Crippen MR) is 61.8 cm³/mol. The summed E-state index contributed by atoms with van der Waals surface area (Å²) in [6.07, 6.45) is 8.27. The third-order valence-corrected chi connectivity index (χ3v) is 4.28. The SMILES string of the molecule is CC1(C(=O)C2CCCCC2)CCNCC1. The van der Waals surface area contributed by atoms with Gasteiger partial charge in [0.05, 0.1) is 0 Å². The van der Waals surface area contributed by atoms with Gasteiger partial charge in [-0.1, -0.05) is 26.2 Å². The predicted octanol–water partition coefficient (Wildman–Crippen LogP) is 2.53. The van der Waals surface area contributed by atoms with E-state index in [0.29, 0.717) is 11.7 Å². The fourth-order valence-electron chi connectivity index (χ4n) is 3.08. The molecule has 0 atom stereocenters. The van der Waals surface area contributed by atoms with Gasteiger partial charge in [0.25, 0.3) is 0 Å². The van der Waals surface area contributed by atoms with E-state index in [4.69, 9.17) is 0 Å². The van der Waals surface area contributed by atoms with Crippen LogP contribution in [0.25, 0.3) is 0 Å². The monoisotopic (exact) mass is 209 g/mol. The summed E-state index contributed by atoms with van der Waals surface area (Å²) in [5.74, 6) is 0.963. The van der Waals surface area contributed by atoms with E-state index >= 15 is 0 Å². The van der Waals surface area contributed by atoms with E-state index in [0.717, 1.165) is 38.8 Å². The Morgan fingerprint density at radius 1 is 1.13 bits per heavy atom. The van der Waals surface area contributed by atoms with Gasteiger partial charge in [0, 0.05) is 11.3 Å². The summed E-state index contributed by atoms with van der Waals surface area (Å²) in [6.45, 7) is 4.23. The summed E-state index contributed by atoms with van der Waals surface area (Å²) in [5.41, 5.74) is -0.00669. The standard InChI is InChI=1S/C13H23NO/c1-13(7-9-14-10-8-13)12(15)11-5-3-2-4-6-11/h11,14H,2-10H2,1H3. The number of Topliss-reactive ketones (excluding diaryl/α,β-unsaturated/α-hetero) is 1. The van der Waals surface area contributed by atoms with Crippen LogP contribution in [0.3, 0.4) is 0 Å². The molecular formula is C13H23NO. The van der Waals surface area contributed by atoms with Crippen LogP contribution in [0.15, 0.2) is 0 Å². The van der Waals surface area contributed by atoms with Gasteiger partial charge in [0.15, 0.2) is 0 Å². The quantitative estimate of drug-likeness (QED) is 0.757. The first-order chi connectivity index (χ1) is 7.22. The Labute approximate surface area is 92.8 Å². The molecule has 0 aromatic carbocycles. The maximum Gasteiger partial charge on any atom is 0.141 e. The van der Waals surface area contributed by atoms with Gasteiger partial charge >= 0.3 is 0 Å². The van der Waals surface area contributed by atoms with Crippen LogP contribution in [0, 0.1) is 11.3 Å². The second-order valence-electron chi connectivity index (χ2n) is 5.51. The molecule has 2 nitrogen and oxygen atoms in total. The highest BCUT2D eigenvalue weighted by atomic mass is 16.1. The van der Waals surface area contributed by atoms with Gasteiger partial charge in [-0.25, -0.2) is 0 Å². The molecule has 1 heterocycles. The number of hydrogen-bond acceptors (Lipinski definition) is 2. The van der Waals surface area contributed by atoms with Crippen molar-refractivity contribution in [3.8, 4) is 0 Å². The molecule has 15 heavy (non-hydrogen) atoms. The molecule has 2 fully saturated rings. The lowest BCUT2D eigenvalue weighted by atomic mass is 9.70. The van der Waals surface area contributed by atoms with Crippen molar-refractivity contribution in [2.75, 3.05) is 13.1 Å². The van der Waals surface area contributed by atoms with Gasteiger partial charge in [0.1, 0.15) is 5.78 Å². The minimum atomic E-state index is -0.00669. The largest absolute Gasteiger partial charge is 0.317 e. The second-order valence-corrected chi connectivity index (χ2v) is 5.51. The highest BCUT2D eigenvalue weighted by Crippen LogP contribution is 2.36. The van der Waals surface area contributed by atoms with Crippen molar-refractivity contribution in [1.82, 2.24) is 5.32 Å². The lowest BCUT2D eigenvalue weighted by molar-refractivity contribution is -0.134. The number of ketones is 1. The van der Waals surface area contributed by atoms with Crippen LogP contribution in [0.2, 0.25) is 0 Å². The summed E-state index contributed by atoms with van der Waals surface area (Å²) in [7, 11) is 0. The first-order valence-electron chi connectivity index (χ1n) is 6.47. The Morgan fingerprint density at radius 2 is 1.73 bits per heavy atom. The molecule has 0 radical (unpaired) electrons. The van der Waals surface area contributed by atoms with E-state index in [2.05, 4.69) is 12.2 Å². The van der Waals surface area contributed by atoms with Crippen LogP contribution >= 0.6 is 0 Å². The van der Waals surface area contributed by atoms with E-state index < -0.39 is 0 Å². The zero-order valence-corrected chi connectivity index (χ0v) is 9.85. The molecule has 1 saturated heterocycles. The first-order valence-corrected chi connectivity index (χ1v) is 6.47.